The van der Waals surface area contributed by atoms with Gasteiger partial charge >= 0.3 is 0 Å². The first kappa shape index (κ1) is 8.52. The smallest absolute Gasteiger partial charge is 0.0880 e. The van der Waals surface area contributed by atoms with Gasteiger partial charge in [-0.3, -0.25) is 0 Å². The number of rotatable bonds is 0. The van der Waals surface area contributed by atoms with E-state index in [-0.39, 0.29) is 5.41 Å². The second-order valence-electron chi connectivity index (χ2n) is 5.29. The SMILES string of the molecule is CC1(C)[C@@H]2[C@H]1CC[C@](C)(O)[C@H]2O. The third-order valence-corrected chi connectivity index (χ3v) is 4.08. The lowest BCUT2D eigenvalue weighted by Gasteiger charge is -2.33. The minimum Gasteiger partial charge on any atom is -0.390 e. The quantitative estimate of drug-likeness (QED) is 0.573. The minimum absolute atomic E-state index is 0.264. The van der Waals surface area contributed by atoms with Crippen LogP contribution in [0.15, 0.2) is 0 Å². The summed E-state index contributed by atoms with van der Waals surface area (Å²) in [6, 6.07) is 0. The highest BCUT2D eigenvalue weighted by Gasteiger charge is 2.65. The highest BCUT2D eigenvalue weighted by Crippen LogP contribution is 2.66. The van der Waals surface area contributed by atoms with E-state index in [2.05, 4.69) is 13.8 Å². The molecule has 2 N–H and O–H groups in total. The standard InChI is InChI=1S/C10H18O2/c1-9(2)6-4-5-10(3,12)8(11)7(6)9/h6-8,11-12H,4-5H2,1-3H3/t6-,7-,8+,10+/m1/s1. The van der Waals surface area contributed by atoms with Crippen LogP contribution in [-0.2, 0) is 0 Å². The van der Waals surface area contributed by atoms with Crippen LogP contribution in [0.25, 0.3) is 0 Å². The van der Waals surface area contributed by atoms with E-state index < -0.39 is 11.7 Å². The number of aliphatic hydroxyl groups excluding tert-OH is 1. The Hall–Kier alpha value is -0.0800. The van der Waals surface area contributed by atoms with E-state index in [0.29, 0.717) is 11.8 Å². The molecule has 0 spiro atoms. The normalized spacial score (nSPS) is 56.2. The van der Waals surface area contributed by atoms with E-state index in [1.165, 1.54) is 0 Å². The molecule has 0 aromatic carbocycles. The van der Waals surface area contributed by atoms with Gasteiger partial charge in [-0.25, -0.2) is 0 Å². The molecule has 0 radical (unpaired) electrons. The number of hydrogen-bond donors (Lipinski definition) is 2. The van der Waals surface area contributed by atoms with Crippen molar-refractivity contribution in [1.82, 2.24) is 0 Å². The second kappa shape index (κ2) is 2.05. The van der Waals surface area contributed by atoms with Crippen LogP contribution >= 0.6 is 0 Å². The van der Waals surface area contributed by atoms with Gasteiger partial charge in [-0.1, -0.05) is 13.8 Å². The van der Waals surface area contributed by atoms with Crippen molar-refractivity contribution in [2.75, 3.05) is 0 Å². The Morgan fingerprint density at radius 2 is 1.83 bits per heavy atom. The maximum absolute atomic E-state index is 9.83. The molecule has 0 saturated heterocycles. The molecule has 2 rings (SSSR count). The van der Waals surface area contributed by atoms with Gasteiger partial charge < -0.3 is 10.2 Å². The molecule has 0 heterocycles. The number of fused-ring (bicyclic) bond motifs is 1. The maximum atomic E-state index is 9.83. The molecule has 0 unspecified atom stereocenters. The molecule has 0 aromatic rings. The highest BCUT2D eigenvalue weighted by atomic mass is 16.3. The van der Waals surface area contributed by atoms with Gasteiger partial charge in [0.05, 0.1) is 11.7 Å². The predicted octanol–water partition coefficient (Wildman–Crippen LogP) is 1.16. The molecule has 0 aliphatic heterocycles. The molecule has 4 atom stereocenters. The number of aliphatic hydroxyl groups is 2. The fraction of sp³-hybridized carbons (Fsp3) is 1.00. The van der Waals surface area contributed by atoms with E-state index in [9.17, 15) is 10.2 Å². The van der Waals surface area contributed by atoms with Gasteiger partial charge in [0.15, 0.2) is 0 Å². The van der Waals surface area contributed by atoms with Crippen molar-refractivity contribution in [3.8, 4) is 0 Å². The molecular formula is C10H18O2. The van der Waals surface area contributed by atoms with Gasteiger partial charge in [0, 0.05) is 0 Å². The van der Waals surface area contributed by atoms with Crippen LogP contribution in [0.2, 0.25) is 0 Å². The molecule has 2 fully saturated rings. The van der Waals surface area contributed by atoms with E-state index in [0.717, 1.165) is 12.8 Å². The van der Waals surface area contributed by atoms with Gasteiger partial charge in [0.25, 0.3) is 0 Å². The summed E-state index contributed by atoms with van der Waals surface area (Å²) in [5.41, 5.74) is -0.575. The van der Waals surface area contributed by atoms with Crippen LogP contribution in [0.3, 0.4) is 0 Å². The minimum atomic E-state index is -0.838. The van der Waals surface area contributed by atoms with Crippen LogP contribution in [-0.4, -0.2) is 21.9 Å². The molecule has 2 aliphatic rings. The Balaban J connectivity index is 2.19. The summed E-state index contributed by atoms with van der Waals surface area (Å²) in [6.07, 6.45) is 1.31. The lowest BCUT2D eigenvalue weighted by Crippen LogP contribution is -2.43. The summed E-state index contributed by atoms with van der Waals surface area (Å²) in [4.78, 5) is 0. The topological polar surface area (TPSA) is 40.5 Å². The van der Waals surface area contributed by atoms with E-state index >= 15 is 0 Å². The van der Waals surface area contributed by atoms with Gasteiger partial charge in [-0.15, -0.1) is 0 Å². The van der Waals surface area contributed by atoms with Crippen molar-refractivity contribution in [2.24, 2.45) is 17.3 Å². The monoisotopic (exact) mass is 170 g/mol. The molecular weight excluding hydrogens is 152 g/mol. The lowest BCUT2D eigenvalue weighted by atomic mass is 9.84. The number of hydrogen-bond acceptors (Lipinski definition) is 2. The van der Waals surface area contributed by atoms with Crippen molar-refractivity contribution in [1.29, 1.82) is 0 Å². The average Bonchev–Trinajstić information content (AvgIpc) is 2.46. The van der Waals surface area contributed by atoms with Crippen LogP contribution in [0, 0.1) is 17.3 Å². The molecule has 2 nitrogen and oxygen atoms in total. The second-order valence-corrected chi connectivity index (χ2v) is 5.29. The molecule has 12 heavy (non-hydrogen) atoms. The van der Waals surface area contributed by atoms with Crippen LogP contribution < -0.4 is 0 Å². The zero-order valence-corrected chi connectivity index (χ0v) is 8.04. The summed E-state index contributed by atoms with van der Waals surface area (Å²) in [6.45, 7) is 6.13. The summed E-state index contributed by atoms with van der Waals surface area (Å²) < 4.78 is 0. The van der Waals surface area contributed by atoms with E-state index in [4.69, 9.17) is 0 Å². The molecule has 0 amide bonds. The summed E-state index contributed by atoms with van der Waals surface area (Å²) >= 11 is 0. The zero-order valence-electron chi connectivity index (χ0n) is 8.04. The Morgan fingerprint density at radius 3 is 2.33 bits per heavy atom. The first-order valence-corrected chi connectivity index (χ1v) is 4.78. The summed E-state index contributed by atoms with van der Waals surface area (Å²) in [5.74, 6) is 0.981. The summed E-state index contributed by atoms with van der Waals surface area (Å²) in [5, 5.41) is 19.7. The Morgan fingerprint density at radius 1 is 1.25 bits per heavy atom. The lowest BCUT2D eigenvalue weighted by molar-refractivity contribution is -0.0951. The third kappa shape index (κ3) is 0.882. The van der Waals surface area contributed by atoms with Crippen molar-refractivity contribution in [3.05, 3.63) is 0 Å². The van der Waals surface area contributed by atoms with Gasteiger partial charge in [-0.05, 0) is 37.0 Å². The molecule has 2 heteroatoms. The van der Waals surface area contributed by atoms with Crippen LogP contribution in [0.5, 0.6) is 0 Å². The van der Waals surface area contributed by atoms with E-state index in [1.54, 1.807) is 6.92 Å². The van der Waals surface area contributed by atoms with Crippen molar-refractivity contribution >= 4 is 0 Å². The molecule has 0 bridgehead atoms. The van der Waals surface area contributed by atoms with Gasteiger partial charge in [0.2, 0.25) is 0 Å². The largest absolute Gasteiger partial charge is 0.390 e. The predicted molar refractivity (Wildman–Crippen MR) is 46.6 cm³/mol. The first-order valence-electron chi connectivity index (χ1n) is 4.78. The Bertz CT molecular complexity index is 208. The average molecular weight is 170 g/mol. The maximum Gasteiger partial charge on any atom is 0.0880 e. The molecule has 70 valence electrons. The van der Waals surface area contributed by atoms with Crippen molar-refractivity contribution in [3.63, 3.8) is 0 Å². The first-order chi connectivity index (χ1) is 5.37. The van der Waals surface area contributed by atoms with Gasteiger partial charge in [0.1, 0.15) is 0 Å². The highest BCUT2D eigenvalue weighted by molar-refractivity contribution is 5.14. The van der Waals surface area contributed by atoms with Crippen LogP contribution in [0.4, 0.5) is 0 Å². The fourth-order valence-electron chi connectivity index (χ4n) is 2.95. The fourth-order valence-corrected chi connectivity index (χ4v) is 2.95. The van der Waals surface area contributed by atoms with Gasteiger partial charge in [-0.2, -0.15) is 0 Å². The Labute approximate surface area is 73.6 Å². The zero-order chi connectivity index (χ0) is 9.15. The Kier molecular flexibility index (Phi) is 1.45. The molecule has 2 saturated carbocycles. The summed E-state index contributed by atoms with van der Waals surface area (Å²) in [7, 11) is 0. The third-order valence-electron chi connectivity index (χ3n) is 4.08. The van der Waals surface area contributed by atoms with Crippen LogP contribution in [0.1, 0.15) is 33.6 Å². The van der Waals surface area contributed by atoms with Crippen molar-refractivity contribution < 1.29 is 10.2 Å². The van der Waals surface area contributed by atoms with E-state index in [1.807, 2.05) is 0 Å². The van der Waals surface area contributed by atoms with Crippen molar-refractivity contribution in [2.45, 2.75) is 45.3 Å². The molecule has 2 aliphatic carbocycles. The molecule has 0 aromatic heterocycles.